The summed E-state index contributed by atoms with van der Waals surface area (Å²) < 4.78 is 12.2. The van der Waals surface area contributed by atoms with Crippen molar-refractivity contribution in [1.82, 2.24) is 4.98 Å². The average Bonchev–Trinajstić information content (AvgIpc) is 2.17. The summed E-state index contributed by atoms with van der Waals surface area (Å²) in [5, 5.41) is 8.68. The van der Waals surface area contributed by atoms with Crippen LogP contribution >= 0.6 is 0 Å². The summed E-state index contributed by atoms with van der Waals surface area (Å²) in [5.41, 5.74) is 2.24. The molecular formula is C11H13FN2. The van der Waals surface area contributed by atoms with Crippen LogP contribution in [0.25, 0.3) is 0 Å². The molecule has 0 atom stereocenters. The van der Waals surface area contributed by atoms with Crippen LogP contribution in [0.2, 0.25) is 0 Å². The molecule has 0 aliphatic rings. The van der Waals surface area contributed by atoms with E-state index in [1.807, 2.05) is 19.9 Å². The SMILES string of the molecule is CC(C)c1ncc(C#N)cc1CCF. The van der Waals surface area contributed by atoms with Crippen LogP contribution < -0.4 is 0 Å². The molecule has 0 aromatic carbocycles. The van der Waals surface area contributed by atoms with Crippen LogP contribution in [0.4, 0.5) is 4.39 Å². The molecule has 1 rings (SSSR count). The summed E-state index contributed by atoms with van der Waals surface area (Å²) in [7, 11) is 0. The van der Waals surface area contributed by atoms with Crippen molar-refractivity contribution < 1.29 is 4.39 Å². The molecule has 3 heteroatoms. The Morgan fingerprint density at radius 2 is 2.29 bits per heavy atom. The standard InChI is InChI=1S/C11H13FN2/c1-8(2)11-10(3-4-12)5-9(6-13)7-14-11/h5,7-8H,3-4H2,1-2H3. The van der Waals surface area contributed by atoms with Gasteiger partial charge in [0.15, 0.2) is 0 Å². The number of hydrogen-bond acceptors (Lipinski definition) is 2. The van der Waals surface area contributed by atoms with Gasteiger partial charge < -0.3 is 0 Å². The zero-order valence-corrected chi connectivity index (χ0v) is 8.42. The van der Waals surface area contributed by atoms with Gasteiger partial charge in [0.1, 0.15) is 6.07 Å². The van der Waals surface area contributed by atoms with Gasteiger partial charge in [0, 0.05) is 18.3 Å². The number of nitriles is 1. The summed E-state index contributed by atoms with van der Waals surface area (Å²) in [6.07, 6.45) is 1.88. The van der Waals surface area contributed by atoms with Crippen molar-refractivity contribution in [3.8, 4) is 6.07 Å². The van der Waals surface area contributed by atoms with E-state index < -0.39 is 6.67 Å². The van der Waals surface area contributed by atoms with E-state index in [0.717, 1.165) is 11.3 Å². The monoisotopic (exact) mass is 192 g/mol. The van der Waals surface area contributed by atoms with Crippen LogP contribution in [0.15, 0.2) is 12.3 Å². The summed E-state index contributed by atoms with van der Waals surface area (Å²) in [5.74, 6) is 0.268. The first-order valence-electron chi connectivity index (χ1n) is 4.64. The Bertz CT molecular complexity index is 353. The van der Waals surface area contributed by atoms with Gasteiger partial charge in [-0.25, -0.2) is 0 Å². The van der Waals surface area contributed by atoms with Gasteiger partial charge in [-0.2, -0.15) is 5.26 Å². The van der Waals surface area contributed by atoms with Crippen molar-refractivity contribution in [2.75, 3.05) is 6.67 Å². The molecular weight excluding hydrogens is 179 g/mol. The Hall–Kier alpha value is -1.43. The first kappa shape index (κ1) is 10.6. The van der Waals surface area contributed by atoms with Gasteiger partial charge in [-0.3, -0.25) is 9.37 Å². The van der Waals surface area contributed by atoms with Gasteiger partial charge in [0.25, 0.3) is 0 Å². The van der Waals surface area contributed by atoms with Gasteiger partial charge in [-0.1, -0.05) is 13.8 Å². The summed E-state index contributed by atoms with van der Waals surface area (Å²) in [6, 6.07) is 3.73. The summed E-state index contributed by atoms with van der Waals surface area (Å²) in [6.45, 7) is 3.61. The zero-order chi connectivity index (χ0) is 10.6. The minimum absolute atomic E-state index is 0.268. The van der Waals surface area contributed by atoms with Gasteiger partial charge in [0.2, 0.25) is 0 Å². The molecule has 0 aliphatic heterocycles. The molecule has 0 unspecified atom stereocenters. The number of alkyl halides is 1. The molecule has 0 bridgehead atoms. The molecule has 0 N–H and O–H groups in total. The maximum absolute atomic E-state index is 12.2. The predicted octanol–water partition coefficient (Wildman–Crippen LogP) is 2.59. The number of aromatic nitrogens is 1. The fraction of sp³-hybridized carbons (Fsp3) is 0.455. The first-order valence-corrected chi connectivity index (χ1v) is 4.64. The zero-order valence-electron chi connectivity index (χ0n) is 8.42. The molecule has 0 aliphatic carbocycles. The molecule has 0 radical (unpaired) electrons. The van der Waals surface area contributed by atoms with E-state index >= 15 is 0 Å². The van der Waals surface area contributed by atoms with Gasteiger partial charge in [-0.05, 0) is 17.5 Å². The second-order valence-corrected chi connectivity index (χ2v) is 3.47. The highest BCUT2D eigenvalue weighted by atomic mass is 19.1. The Labute approximate surface area is 83.4 Å². The van der Waals surface area contributed by atoms with E-state index in [-0.39, 0.29) is 5.92 Å². The van der Waals surface area contributed by atoms with E-state index in [2.05, 4.69) is 4.98 Å². The van der Waals surface area contributed by atoms with Crippen molar-refractivity contribution in [2.45, 2.75) is 26.2 Å². The van der Waals surface area contributed by atoms with Gasteiger partial charge in [-0.15, -0.1) is 0 Å². The van der Waals surface area contributed by atoms with Crippen LogP contribution in [0.1, 0.15) is 36.6 Å². The Kier molecular flexibility index (Phi) is 3.58. The van der Waals surface area contributed by atoms with Crippen LogP contribution in [0.3, 0.4) is 0 Å². The smallest absolute Gasteiger partial charge is 0.101 e. The third-order valence-electron chi connectivity index (χ3n) is 2.04. The van der Waals surface area contributed by atoms with E-state index in [4.69, 9.17) is 5.26 Å². The average molecular weight is 192 g/mol. The molecule has 2 nitrogen and oxygen atoms in total. The second-order valence-electron chi connectivity index (χ2n) is 3.47. The number of nitrogens with zero attached hydrogens (tertiary/aromatic N) is 2. The Morgan fingerprint density at radius 3 is 2.79 bits per heavy atom. The maximum Gasteiger partial charge on any atom is 0.101 e. The lowest BCUT2D eigenvalue weighted by Crippen LogP contribution is -2.02. The Morgan fingerprint density at radius 1 is 1.57 bits per heavy atom. The molecule has 0 saturated heterocycles. The quantitative estimate of drug-likeness (QED) is 0.738. The lowest BCUT2D eigenvalue weighted by Gasteiger charge is -2.10. The largest absolute Gasteiger partial charge is 0.259 e. The molecule has 14 heavy (non-hydrogen) atoms. The number of rotatable bonds is 3. The minimum Gasteiger partial charge on any atom is -0.259 e. The molecule has 1 aromatic heterocycles. The fourth-order valence-electron chi connectivity index (χ4n) is 1.40. The van der Waals surface area contributed by atoms with Crippen LogP contribution in [0, 0.1) is 11.3 Å². The molecule has 74 valence electrons. The van der Waals surface area contributed by atoms with Crippen LogP contribution in [-0.4, -0.2) is 11.7 Å². The van der Waals surface area contributed by atoms with Crippen molar-refractivity contribution >= 4 is 0 Å². The van der Waals surface area contributed by atoms with E-state index in [0.29, 0.717) is 12.0 Å². The predicted molar refractivity (Wildman–Crippen MR) is 52.7 cm³/mol. The van der Waals surface area contributed by atoms with E-state index in [9.17, 15) is 4.39 Å². The molecule has 0 spiro atoms. The number of pyridine rings is 1. The summed E-state index contributed by atoms with van der Waals surface area (Å²) >= 11 is 0. The highest BCUT2D eigenvalue weighted by molar-refractivity contribution is 5.34. The normalized spacial score (nSPS) is 10.2. The molecule has 0 amide bonds. The number of halogens is 1. The fourth-order valence-corrected chi connectivity index (χ4v) is 1.40. The third kappa shape index (κ3) is 2.29. The van der Waals surface area contributed by atoms with Crippen LogP contribution in [-0.2, 0) is 6.42 Å². The molecule has 1 heterocycles. The van der Waals surface area contributed by atoms with Crippen molar-refractivity contribution in [3.63, 3.8) is 0 Å². The van der Waals surface area contributed by atoms with E-state index in [1.54, 1.807) is 6.07 Å². The van der Waals surface area contributed by atoms with Crippen molar-refractivity contribution in [3.05, 3.63) is 29.1 Å². The van der Waals surface area contributed by atoms with Gasteiger partial charge in [0.05, 0.1) is 12.2 Å². The highest BCUT2D eigenvalue weighted by Gasteiger charge is 2.08. The second kappa shape index (κ2) is 4.71. The third-order valence-corrected chi connectivity index (χ3v) is 2.04. The number of aryl methyl sites for hydroxylation is 1. The van der Waals surface area contributed by atoms with Gasteiger partial charge >= 0.3 is 0 Å². The molecule has 0 saturated carbocycles. The van der Waals surface area contributed by atoms with Crippen LogP contribution in [0.5, 0.6) is 0 Å². The Balaban J connectivity index is 3.11. The molecule has 0 fully saturated rings. The minimum atomic E-state index is -0.406. The van der Waals surface area contributed by atoms with Crippen molar-refractivity contribution in [1.29, 1.82) is 5.26 Å². The van der Waals surface area contributed by atoms with Crippen molar-refractivity contribution in [2.24, 2.45) is 0 Å². The number of hydrogen-bond donors (Lipinski definition) is 0. The lowest BCUT2D eigenvalue weighted by molar-refractivity contribution is 0.493. The molecule has 1 aromatic rings. The maximum atomic E-state index is 12.2. The highest BCUT2D eigenvalue weighted by Crippen LogP contribution is 2.18. The topological polar surface area (TPSA) is 36.7 Å². The first-order chi connectivity index (χ1) is 6.69. The summed E-state index contributed by atoms with van der Waals surface area (Å²) in [4.78, 5) is 4.18. The van der Waals surface area contributed by atoms with E-state index in [1.165, 1.54) is 6.20 Å². The lowest BCUT2D eigenvalue weighted by atomic mass is 10.0.